The summed E-state index contributed by atoms with van der Waals surface area (Å²) >= 11 is 0. The van der Waals surface area contributed by atoms with Crippen molar-refractivity contribution in [2.24, 2.45) is 10.9 Å². The summed E-state index contributed by atoms with van der Waals surface area (Å²) in [5.74, 6) is 1.66. The Labute approximate surface area is 153 Å². The van der Waals surface area contributed by atoms with Gasteiger partial charge in [-0.1, -0.05) is 30.3 Å². The van der Waals surface area contributed by atoms with Crippen molar-refractivity contribution in [1.29, 1.82) is 0 Å². The Morgan fingerprint density at radius 2 is 2.16 bits per heavy atom. The van der Waals surface area contributed by atoms with Crippen molar-refractivity contribution in [1.82, 2.24) is 15.1 Å². The van der Waals surface area contributed by atoms with E-state index in [4.69, 9.17) is 9.73 Å². The van der Waals surface area contributed by atoms with E-state index in [0.717, 1.165) is 45.3 Å². The molecule has 1 heterocycles. The van der Waals surface area contributed by atoms with Crippen molar-refractivity contribution < 1.29 is 4.74 Å². The molecule has 1 N–H and O–H groups in total. The fourth-order valence-electron chi connectivity index (χ4n) is 3.21. The van der Waals surface area contributed by atoms with Crippen molar-refractivity contribution in [3.8, 4) is 0 Å². The zero-order chi connectivity index (χ0) is 18.1. The quantitative estimate of drug-likeness (QED) is 0.580. The van der Waals surface area contributed by atoms with E-state index in [-0.39, 0.29) is 0 Å². The molecule has 140 valence electrons. The molecule has 2 rings (SSSR count). The van der Waals surface area contributed by atoms with Crippen molar-refractivity contribution in [2.75, 3.05) is 46.9 Å². The fraction of sp³-hybridized carbons (Fsp3) is 0.650. The molecule has 2 unspecified atom stereocenters. The molecule has 1 fully saturated rings. The molecule has 1 aromatic carbocycles. The van der Waals surface area contributed by atoms with E-state index in [1.807, 2.05) is 0 Å². The Morgan fingerprint density at radius 3 is 2.84 bits per heavy atom. The minimum absolute atomic E-state index is 0.395. The van der Waals surface area contributed by atoms with E-state index in [0.29, 0.717) is 12.0 Å². The molecular formula is C20H34N4O. The molecule has 1 aromatic rings. The Balaban J connectivity index is 1.89. The van der Waals surface area contributed by atoms with E-state index in [9.17, 15) is 0 Å². The van der Waals surface area contributed by atoms with Gasteiger partial charge >= 0.3 is 0 Å². The maximum atomic E-state index is 5.31. The molecule has 5 nitrogen and oxygen atoms in total. The molecule has 0 radical (unpaired) electrons. The van der Waals surface area contributed by atoms with Gasteiger partial charge in [-0.2, -0.15) is 0 Å². The summed E-state index contributed by atoms with van der Waals surface area (Å²) in [5.41, 5.74) is 1.34. The highest BCUT2D eigenvalue weighted by molar-refractivity contribution is 5.80. The third-order valence-electron chi connectivity index (χ3n) is 4.86. The average molecular weight is 347 g/mol. The smallest absolute Gasteiger partial charge is 0.193 e. The molecule has 0 amide bonds. The van der Waals surface area contributed by atoms with Gasteiger partial charge in [-0.05, 0) is 32.9 Å². The van der Waals surface area contributed by atoms with Gasteiger partial charge in [-0.25, -0.2) is 0 Å². The van der Waals surface area contributed by atoms with Crippen LogP contribution in [0.5, 0.6) is 0 Å². The summed E-state index contributed by atoms with van der Waals surface area (Å²) in [7, 11) is 3.96. The maximum Gasteiger partial charge on any atom is 0.193 e. The molecule has 5 heteroatoms. The maximum absolute atomic E-state index is 5.31. The fourth-order valence-corrected chi connectivity index (χ4v) is 3.21. The van der Waals surface area contributed by atoms with Gasteiger partial charge in [0.2, 0.25) is 0 Å². The summed E-state index contributed by atoms with van der Waals surface area (Å²) in [6.45, 7) is 9.97. The van der Waals surface area contributed by atoms with Crippen molar-refractivity contribution in [3.63, 3.8) is 0 Å². The second-order valence-corrected chi connectivity index (χ2v) is 7.00. The van der Waals surface area contributed by atoms with Gasteiger partial charge in [0.05, 0.1) is 13.2 Å². The van der Waals surface area contributed by atoms with Crippen LogP contribution in [0.1, 0.15) is 25.8 Å². The second-order valence-electron chi connectivity index (χ2n) is 7.00. The highest BCUT2D eigenvalue weighted by atomic mass is 16.5. The van der Waals surface area contributed by atoms with Crippen LogP contribution >= 0.6 is 0 Å². The molecule has 1 aliphatic rings. The number of hydrogen-bond donors (Lipinski definition) is 1. The number of rotatable bonds is 8. The van der Waals surface area contributed by atoms with Gasteiger partial charge in [0.1, 0.15) is 0 Å². The number of aliphatic imine (C=N–C) groups is 1. The topological polar surface area (TPSA) is 40.1 Å². The minimum atomic E-state index is 0.395. The lowest BCUT2D eigenvalue weighted by Crippen LogP contribution is -2.41. The number of benzene rings is 1. The van der Waals surface area contributed by atoms with Gasteiger partial charge in [0, 0.05) is 45.2 Å². The first-order chi connectivity index (χ1) is 12.1. The Bertz CT molecular complexity index is 520. The third kappa shape index (κ3) is 6.33. The monoisotopic (exact) mass is 346 g/mol. The highest BCUT2D eigenvalue weighted by Gasteiger charge is 2.24. The lowest BCUT2D eigenvalue weighted by atomic mass is 10.1. The van der Waals surface area contributed by atoms with Crippen molar-refractivity contribution in [2.45, 2.75) is 32.9 Å². The lowest BCUT2D eigenvalue weighted by molar-refractivity contribution is 0.157. The van der Waals surface area contributed by atoms with Crippen molar-refractivity contribution in [3.05, 3.63) is 35.9 Å². The summed E-state index contributed by atoms with van der Waals surface area (Å²) in [6.07, 6.45) is 1.18. The van der Waals surface area contributed by atoms with Crippen LogP contribution in [0.25, 0.3) is 0 Å². The summed E-state index contributed by atoms with van der Waals surface area (Å²) < 4.78 is 5.31. The molecule has 0 aromatic heterocycles. The van der Waals surface area contributed by atoms with Crippen LogP contribution in [-0.2, 0) is 11.3 Å². The van der Waals surface area contributed by atoms with Crippen molar-refractivity contribution >= 4 is 5.96 Å². The molecule has 0 aliphatic carbocycles. The molecule has 2 atom stereocenters. The summed E-state index contributed by atoms with van der Waals surface area (Å²) in [5, 5.41) is 3.45. The molecule has 0 bridgehead atoms. The van der Waals surface area contributed by atoms with Crippen LogP contribution in [0.4, 0.5) is 0 Å². The number of likely N-dealkylation sites (N-methyl/N-ethyl adjacent to an activating group) is 1. The van der Waals surface area contributed by atoms with Gasteiger partial charge in [0.15, 0.2) is 5.96 Å². The number of methoxy groups -OCH3 is 1. The normalized spacial score (nSPS) is 19.5. The first-order valence-electron chi connectivity index (χ1n) is 9.40. The zero-order valence-electron chi connectivity index (χ0n) is 16.2. The van der Waals surface area contributed by atoms with Gasteiger partial charge in [-0.15, -0.1) is 0 Å². The molecular weight excluding hydrogens is 312 g/mol. The molecule has 1 saturated heterocycles. The number of hydrogen-bond acceptors (Lipinski definition) is 3. The second kappa shape index (κ2) is 10.4. The van der Waals surface area contributed by atoms with Crippen LogP contribution in [0.15, 0.2) is 35.3 Å². The first kappa shape index (κ1) is 19.7. The Morgan fingerprint density at radius 1 is 1.40 bits per heavy atom. The highest BCUT2D eigenvalue weighted by Crippen LogP contribution is 2.16. The van der Waals surface area contributed by atoms with E-state index in [1.54, 1.807) is 7.11 Å². The SMILES string of the molecule is CCNC(=NCC(C)N(C)Cc1ccccc1)N1CCC(COC)C1. The van der Waals surface area contributed by atoms with E-state index in [1.165, 1.54) is 12.0 Å². The Kier molecular flexibility index (Phi) is 8.22. The number of ether oxygens (including phenoxy) is 1. The summed E-state index contributed by atoms with van der Waals surface area (Å²) in [4.78, 5) is 9.63. The lowest BCUT2D eigenvalue weighted by Gasteiger charge is -2.26. The standard InChI is InChI=1S/C20H34N4O/c1-5-21-20(24-12-11-19(15-24)16-25-4)22-13-17(2)23(3)14-18-9-7-6-8-10-18/h6-10,17,19H,5,11-16H2,1-4H3,(H,21,22). The van der Waals surface area contributed by atoms with E-state index in [2.05, 4.69) is 66.3 Å². The van der Waals surface area contributed by atoms with Gasteiger partial charge in [0.25, 0.3) is 0 Å². The third-order valence-corrected chi connectivity index (χ3v) is 4.86. The number of guanidine groups is 1. The van der Waals surface area contributed by atoms with Gasteiger partial charge < -0.3 is 15.0 Å². The zero-order valence-corrected chi connectivity index (χ0v) is 16.2. The predicted octanol–water partition coefficient (Wildman–Crippen LogP) is 2.44. The molecule has 0 spiro atoms. The minimum Gasteiger partial charge on any atom is -0.384 e. The van der Waals surface area contributed by atoms with Crippen LogP contribution in [0, 0.1) is 5.92 Å². The summed E-state index contributed by atoms with van der Waals surface area (Å²) in [6, 6.07) is 11.0. The van der Waals surface area contributed by atoms with Crippen LogP contribution in [0.2, 0.25) is 0 Å². The largest absolute Gasteiger partial charge is 0.384 e. The predicted molar refractivity (Wildman–Crippen MR) is 105 cm³/mol. The molecule has 0 saturated carbocycles. The molecule has 1 aliphatic heterocycles. The number of nitrogens with one attached hydrogen (secondary N) is 1. The van der Waals surface area contributed by atoms with Gasteiger partial charge in [-0.3, -0.25) is 9.89 Å². The first-order valence-corrected chi connectivity index (χ1v) is 9.40. The van der Waals surface area contributed by atoms with Crippen LogP contribution in [-0.4, -0.2) is 68.7 Å². The van der Waals surface area contributed by atoms with E-state index >= 15 is 0 Å². The number of nitrogens with zero attached hydrogens (tertiary/aromatic N) is 3. The van der Waals surface area contributed by atoms with E-state index < -0.39 is 0 Å². The van der Waals surface area contributed by atoms with Crippen LogP contribution in [0.3, 0.4) is 0 Å². The Hall–Kier alpha value is -1.59. The molecule has 25 heavy (non-hydrogen) atoms. The van der Waals surface area contributed by atoms with Crippen LogP contribution < -0.4 is 5.32 Å². The average Bonchev–Trinajstić information content (AvgIpc) is 3.08. The number of likely N-dealkylation sites (tertiary alicyclic amines) is 1.